The fourth-order valence-electron chi connectivity index (χ4n) is 3.51. The first-order valence-corrected chi connectivity index (χ1v) is 8.73. The molecule has 1 atom stereocenters. The molecule has 2 amide bonds. The predicted molar refractivity (Wildman–Crippen MR) is 99.4 cm³/mol. The molecule has 1 aromatic carbocycles. The molecule has 140 valence electrons. The average molecular weight is 369 g/mol. The number of halogens is 1. The lowest BCUT2D eigenvalue weighted by molar-refractivity contribution is 0.222. The normalized spacial score (nSPS) is 16.7. The number of methoxy groups -OCH3 is 1. The van der Waals surface area contributed by atoms with Crippen LogP contribution in [-0.4, -0.2) is 45.7 Å². The van der Waals surface area contributed by atoms with E-state index in [1.165, 1.54) is 19.2 Å². The SMILES string of the molecule is COc1ccc(NC(=O)N2CCC(c3nc4cccnc4n3C)C2)cc1F. The summed E-state index contributed by atoms with van der Waals surface area (Å²) < 4.78 is 20.7. The van der Waals surface area contributed by atoms with Gasteiger partial charge in [0.05, 0.1) is 7.11 Å². The van der Waals surface area contributed by atoms with Crippen LogP contribution in [0.1, 0.15) is 18.2 Å². The Bertz CT molecular complexity index is 1000. The van der Waals surface area contributed by atoms with Gasteiger partial charge in [0.1, 0.15) is 11.3 Å². The molecule has 1 saturated heterocycles. The molecule has 8 heteroatoms. The summed E-state index contributed by atoms with van der Waals surface area (Å²) in [5, 5.41) is 2.74. The molecule has 1 unspecified atom stereocenters. The number of rotatable bonds is 3. The number of benzene rings is 1. The molecule has 3 heterocycles. The Kier molecular flexibility index (Phi) is 4.39. The topological polar surface area (TPSA) is 72.3 Å². The minimum atomic E-state index is -0.512. The number of carbonyl (C=O) groups is 1. The van der Waals surface area contributed by atoms with Gasteiger partial charge in [-0.05, 0) is 30.7 Å². The van der Waals surface area contributed by atoms with Gasteiger partial charge in [-0.3, -0.25) is 0 Å². The molecular weight excluding hydrogens is 349 g/mol. The van der Waals surface area contributed by atoms with Crippen molar-refractivity contribution in [2.24, 2.45) is 7.05 Å². The number of hydrogen-bond acceptors (Lipinski definition) is 4. The van der Waals surface area contributed by atoms with Crippen molar-refractivity contribution in [1.82, 2.24) is 19.4 Å². The molecule has 0 spiro atoms. The second kappa shape index (κ2) is 6.86. The fourth-order valence-corrected chi connectivity index (χ4v) is 3.51. The summed E-state index contributed by atoms with van der Waals surface area (Å²) in [6, 6.07) is 7.90. The van der Waals surface area contributed by atoms with Gasteiger partial charge < -0.3 is 19.5 Å². The molecule has 27 heavy (non-hydrogen) atoms. The van der Waals surface area contributed by atoms with E-state index in [0.717, 1.165) is 23.4 Å². The number of aromatic nitrogens is 3. The molecule has 4 rings (SSSR count). The number of carbonyl (C=O) groups excluding carboxylic acids is 1. The Hall–Kier alpha value is -3.16. The minimum Gasteiger partial charge on any atom is -0.494 e. The Morgan fingerprint density at radius 3 is 2.96 bits per heavy atom. The second-order valence-corrected chi connectivity index (χ2v) is 6.59. The number of aryl methyl sites for hydroxylation is 1. The van der Waals surface area contributed by atoms with Gasteiger partial charge in [0.25, 0.3) is 0 Å². The molecule has 0 bridgehead atoms. The maximum Gasteiger partial charge on any atom is 0.321 e. The Balaban J connectivity index is 1.46. The van der Waals surface area contributed by atoms with Crippen LogP contribution in [0.5, 0.6) is 5.75 Å². The number of nitrogens with one attached hydrogen (secondary N) is 1. The number of fused-ring (bicyclic) bond motifs is 1. The van der Waals surface area contributed by atoms with Gasteiger partial charge >= 0.3 is 6.03 Å². The van der Waals surface area contributed by atoms with Crippen LogP contribution < -0.4 is 10.1 Å². The molecule has 1 aliphatic rings. The van der Waals surface area contributed by atoms with E-state index in [1.54, 1.807) is 17.2 Å². The molecule has 1 fully saturated rings. The fraction of sp³-hybridized carbons (Fsp3) is 0.316. The van der Waals surface area contributed by atoms with Crippen molar-refractivity contribution in [3.05, 3.63) is 48.2 Å². The first kappa shape index (κ1) is 17.3. The van der Waals surface area contributed by atoms with E-state index < -0.39 is 5.82 Å². The first-order valence-electron chi connectivity index (χ1n) is 8.73. The molecule has 0 aliphatic carbocycles. The van der Waals surface area contributed by atoms with Crippen LogP contribution in [0, 0.1) is 5.82 Å². The van der Waals surface area contributed by atoms with Crippen LogP contribution in [0.2, 0.25) is 0 Å². The van der Waals surface area contributed by atoms with Crippen molar-refractivity contribution in [1.29, 1.82) is 0 Å². The van der Waals surface area contributed by atoms with E-state index in [2.05, 4.69) is 15.3 Å². The molecule has 2 aromatic heterocycles. The van der Waals surface area contributed by atoms with Gasteiger partial charge in [-0.25, -0.2) is 19.2 Å². The van der Waals surface area contributed by atoms with Gasteiger partial charge in [0.2, 0.25) is 0 Å². The quantitative estimate of drug-likeness (QED) is 0.770. The lowest BCUT2D eigenvalue weighted by Crippen LogP contribution is -2.33. The third-order valence-electron chi connectivity index (χ3n) is 4.91. The maximum atomic E-state index is 13.8. The zero-order valence-corrected chi connectivity index (χ0v) is 15.1. The van der Waals surface area contributed by atoms with E-state index >= 15 is 0 Å². The van der Waals surface area contributed by atoms with Crippen LogP contribution in [0.3, 0.4) is 0 Å². The van der Waals surface area contributed by atoms with E-state index in [4.69, 9.17) is 4.74 Å². The summed E-state index contributed by atoms with van der Waals surface area (Å²) in [5.74, 6) is 0.698. The lowest BCUT2D eigenvalue weighted by atomic mass is 10.1. The number of anilines is 1. The van der Waals surface area contributed by atoms with Crippen molar-refractivity contribution < 1.29 is 13.9 Å². The molecule has 3 aromatic rings. The van der Waals surface area contributed by atoms with E-state index in [9.17, 15) is 9.18 Å². The zero-order valence-electron chi connectivity index (χ0n) is 15.1. The van der Waals surface area contributed by atoms with Crippen LogP contribution in [0.4, 0.5) is 14.9 Å². The number of amides is 2. The van der Waals surface area contributed by atoms with Gasteiger partial charge in [0, 0.05) is 44.0 Å². The van der Waals surface area contributed by atoms with Crippen molar-refractivity contribution >= 4 is 22.9 Å². The van der Waals surface area contributed by atoms with Gasteiger partial charge in [-0.2, -0.15) is 0 Å². The van der Waals surface area contributed by atoms with Gasteiger partial charge in [-0.15, -0.1) is 0 Å². The summed E-state index contributed by atoms with van der Waals surface area (Å²) in [6.45, 7) is 1.17. The van der Waals surface area contributed by atoms with E-state index in [0.29, 0.717) is 18.8 Å². The molecule has 0 radical (unpaired) electrons. The van der Waals surface area contributed by atoms with Crippen LogP contribution in [0.25, 0.3) is 11.2 Å². The van der Waals surface area contributed by atoms with Crippen molar-refractivity contribution in [3.8, 4) is 5.75 Å². The average Bonchev–Trinajstić information content (AvgIpc) is 3.27. The highest BCUT2D eigenvalue weighted by atomic mass is 19.1. The van der Waals surface area contributed by atoms with Crippen LogP contribution >= 0.6 is 0 Å². The number of likely N-dealkylation sites (tertiary alicyclic amines) is 1. The zero-order chi connectivity index (χ0) is 19.0. The standard InChI is InChI=1S/C19H20FN5O2/c1-24-17(23-15-4-3-8-21-18(15)24)12-7-9-25(11-12)19(26)22-13-5-6-16(27-2)14(20)10-13/h3-6,8,10,12H,7,9,11H2,1-2H3,(H,22,26). The monoisotopic (exact) mass is 369 g/mol. The number of nitrogens with zero attached hydrogens (tertiary/aromatic N) is 4. The summed E-state index contributed by atoms with van der Waals surface area (Å²) in [6.07, 6.45) is 2.57. The highest BCUT2D eigenvalue weighted by Gasteiger charge is 2.30. The second-order valence-electron chi connectivity index (χ2n) is 6.59. The number of ether oxygens (including phenoxy) is 1. The third kappa shape index (κ3) is 3.18. The number of imidazole rings is 1. The van der Waals surface area contributed by atoms with Crippen LogP contribution in [0.15, 0.2) is 36.5 Å². The molecule has 1 aliphatic heterocycles. The summed E-state index contributed by atoms with van der Waals surface area (Å²) in [5.41, 5.74) is 2.09. The van der Waals surface area contributed by atoms with Gasteiger partial charge in [-0.1, -0.05) is 0 Å². The Morgan fingerprint density at radius 2 is 2.22 bits per heavy atom. The maximum absolute atomic E-state index is 13.8. The minimum absolute atomic E-state index is 0.141. The molecule has 0 saturated carbocycles. The highest BCUT2D eigenvalue weighted by Crippen LogP contribution is 2.29. The first-order chi connectivity index (χ1) is 13.1. The van der Waals surface area contributed by atoms with Crippen molar-refractivity contribution in [3.63, 3.8) is 0 Å². The highest BCUT2D eigenvalue weighted by molar-refractivity contribution is 5.89. The van der Waals surface area contributed by atoms with Gasteiger partial charge in [0.15, 0.2) is 17.2 Å². The van der Waals surface area contributed by atoms with Crippen LogP contribution in [-0.2, 0) is 7.05 Å². The molecule has 7 nitrogen and oxygen atoms in total. The number of pyridine rings is 1. The molecular formula is C19H20FN5O2. The summed E-state index contributed by atoms with van der Waals surface area (Å²) >= 11 is 0. The summed E-state index contributed by atoms with van der Waals surface area (Å²) in [4.78, 5) is 23.3. The predicted octanol–water partition coefficient (Wildman–Crippen LogP) is 3.14. The number of urea groups is 1. The number of hydrogen-bond donors (Lipinski definition) is 1. The third-order valence-corrected chi connectivity index (χ3v) is 4.91. The Labute approximate surface area is 155 Å². The largest absolute Gasteiger partial charge is 0.494 e. The lowest BCUT2D eigenvalue weighted by Gasteiger charge is -2.17. The van der Waals surface area contributed by atoms with Crippen molar-refractivity contribution in [2.45, 2.75) is 12.3 Å². The van der Waals surface area contributed by atoms with Crippen molar-refractivity contribution in [2.75, 3.05) is 25.5 Å². The smallest absolute Gasteiger partial charge is 0.321 e. The van der Waals surface area contributed by atoms with E-state index in [1.807, 2.05) is 23.7 Å². The Morgan fingerprint density at radius 1 is 1.37 bits per heavy atom. The summed E-state index contributed by atoms with van der Waals surface area (Å²) in [7, 11) is 3.35. The van der Waals surface area contributed by atoms with E-state index in [-0.39, 0.29) is 17.7 Å². The molecule has 1 N–H and O–H groups in total.